The summed E-state index contributed by atoms with van der Waals surface area (Å²) in [5.74, 6) is 0.507. The van der Waals surface area contributed by atoms with Crippen LogP contribution < -0.4 is 10.6 Å². The van der Waals surface area contributed by atoms with Crippen molar-refractivity contribution in [2.45, 2.75) is 13.8 Å². The van der Waals surface area contributed by atoms with Crippen molar-refractivity contribution in [2.75, 3.05) is 23.7 Å². The van der Waals surface area contributed by atoms with Crippen LogP contribution in [-0.4, -0.2) is 23.3 Å². The molecule has 0 spiro atoms. The van der Waals surface area contributed by atoms with Crippen LogP contribution in [0.5, 0.6) is 11.5 Å². The molecule has 0 bridgehead atoms. The van der Waals surface area contributed by atoms with Gasteiger partial charge in [-0.3, -0.25) is 0 Å². The van der Waals surface area contributed by atoms with Crippen molar-refractivity contribution in [1.29, 1.82) is 0 Å². The van der Waals surface area contributed by atoms with Crippen molar-refractivity contribution in [3.8, 4) is 11.5 Å². The molecule has 0 aliphatic heterocycles. The summed E-state index contributed by atoms with van der Waals surface area (Å²) >= 11 is 0. The largest absolute Gasteiger partial charge is 0.506 e. The molecule has 0 radical (unpaired) electrons. The lowest BCUT2D eigenvalue weighted by Crippen LogP contribution is -2.14. The highest BCUT2D eigenvalue weighted by atomic mass is 16.3. The molecule has 4 nitrogen and oxygen atoms in total. The first-order valence-corrected chi connectivity index (χ1v) is 6.64. The SMILES string of the molecule is Cc1cccc(O)c1NCCNc1c(C)cccc1O. The Kier molecular flexibility index (Phi) is 4.35. The number of aryl methyl sites for hydroxylation is 2. The van der Waals surface area contributed by atoms with Crippen molar-refractivity contribution in [3.63, 3.8) is 0 Å². The molecular weight excluding hydrogens is 252 g/mol. The molecular formula is C16H20N2O2. The summed E-state index contributed by atoms with van der Waals surface area (Å²) in [5, 5.41) is 25.9. The van der Waals surface area contributed by atoms with Gasteiger partial charge in [0, 0.05) is 13.1 Å². The molecule has 106 valence electrons. The molecule has 4 heteroatoms. The highest BCUT2D eigenvalue weighted by Gasteiger charge is 2.05. The number of anilines is 2. The standard InChI is InChI=1S/C16H20N2O2/c1-11-5-3-7-13(19)15(11)17-9-10-18-16-12(2)6-4-8-14(16)20/h3-8,17-20H,9-10H2,1-2H3. The lowest BCUT2D eigenvalue weighted by atomic mass is 10.2. The number of hydrogen-bond donors (Lipinski definition) is 4. The minimum absolute atomic E-state index is 0.253. The quantitative estimate of drug-likeness (QED) is 0.498. The van der Waals surface area contributed by atoms with E-state index in [0.717, 1.165) is 22.5 Å². The number of nitrogens with one attached hydrogen (secondary N) is 2. The van der Waals surface area contributed by atoms with Crippen LogP contribution in [0, 0.1) is 13.8 Å². The third kappa shape index (κ3) is 3.15. The van der Waals surface area contributed by atoms with Gasteiger partial charge < -0.3 is 20.8 Å². The molecule has 0 saturated heterocycles. The first-order valence-electron chi connectivity index (χ1n) is 6.64. The molecule has 0 fully saturated rings. The Hall–Kier alpha value is -2.36. The molecule has 20 heavy (non-hydrogen) atoms. The Morgan fingerprint density at radius 2 is 1.15 bits per heavy atom. The molecule has 0 aliphatic rings. The van der Waals surface area contributed by atoms with Crippen molar-refractivity contribution >= 4 is 11.4 Å². The Balaban J connectivity index is 1.91. The molecule has 0 saturated carbocycles. The average Bonchev–Trinajstić information content (AvgIpc) is 2.40. The maximum atomic E-state index is 9.77. The van der Waals surface area contributed by atoms with Crippen molar-refractivity contribution in [3.05, 3.63) is 47.5 Å². The van der Waals surface area contributed by atoms with E-state index >= 15 is 0 Å². The number of hydrogen-bond acceptors (Lipinski definition) is 4. The summed E-state index contributed by atoms with van der Waals surface area (Å²) in [4.78, 5) is 0. The predicted molar refractivity (Wildman–Crippen MR) is 82.7 cm³/mol. The number of benzene rings is 2. The van der Waals surface area contributed by atoms with E-state index in [-0.39, 0.29) is 11.5 Å². The Bertz CT molecular complexity index is 503. The highest BCUT2D eigenvalue weighted by Crippen LogP contribution is 2.27. The fraction of sp³-hybridized carbons (Fsp3) is 0.250. The number of aromatic hydroxyl groups is 2. The smallest absolute Gasteiger partial charge is 0.138 e. The van der Waals surface area contributed by atoms with E-state index in [2.05, 4.69) is 10.6 Å². The number of phenols is 2. The molecule has 4 N–H and O–H groups in total. The van der Waals surface area contributed by atoms with Crippen LogP contribution in [0.25, 0.3) is 0 Å². The Labute approximate surface area is 119 Å². The van der Waals surface area contributed by atoms with Crippen LogP contribution in [0.4, 0.5) is 11.4 Å². The van der Waals surface area contributed by atoms with Gasteiger partial charge in [0.25, 0.3) is 0 Å². The molecule has 2 aromatic carbocycles. The molecule has 0 atom stereocenters. The molecule has 0 aromatic heterocycles. The summed E-state index contributed by atoms with van der Waals surface area (Å²) in [6.45, 7) is 5.18. The molecule has 0 aliphatic carbocycles. The van der Waals surface area contributed by atoms with Gasteiger partial charge in [-0.05, 0) is 37.1 Å². The monoisotopic (exact) mass is 272 g/mol. The van der Waals surface area contributed by atoms with Crippen molar-refractivity contribution in [1.82, 2.24) is 0 Å². The fourth-order valence-electron chi connectivity index (χ4n) is 2.14. The topological polar surface area (TPSA) is 64.5 Å². The van der Waals surface area contributed by atoms with Gasteiger partial charge >= 0.3 is 0 Å². The van der Waals surface area contributed by atoms with Gasteiger partial charge in [-0.2, -0.15) is 0 Å². The minimum atomic E-state index is 0.253. The zero-order valence-electron chi connectivity index (χ0n) is 11.8. The first-order chi connectivity index (χ1) is 9.59. The molecule has 0 unspecified atom stereocenters. The van der Waals surface area contributed by atoms with E-state index in [1.165, 1.54) is 0 Å². The lowest BCUT2D eigenvalue weighted by molar-refractivity contribution is 0.476. The molecule has 0 amide bonds. The van der Waals surface area contributed by atoms with Gasteiger partial charge in [-0.15, -0.1) is 0 Å². The Morgan fingerprint density at radius 3 is 1.50 bits per heavy atom. The van der Waals surface area contributed by atoms with Gasteiger partial charge in [0.1, 0.15) is 11.5 Å². The van der Waals surface area contributed by atoms with E-state index in [1.807, 2.05) is 38.1 Å². The number of rotatable bonds is 5. The molecule has 0 heterocycles. The number of para-hydroxylation sites is 2. The molecule has 2 aromatic rings. The van der Waals surface area contributed by atoms with Crippen LogP contribution in [0.1, 0.15) is 11.1 Å². The van der Waals surface area contributed by atoms with E-state index in [0.29, 0.717) is 13.1 Å². The summed E-state index contributed by atoms with van der Waals surface area (Å²) < 4.78 is 0. The van der Waals surface area contributed by atoms with Gasteiger partial charge in [0.15, 0.2) is 0 Å². The van der Waals surface area contributed by atoms with Crippen LogP contribution in [0.15, 0.2) is 36.4 Å². The Morgan fingerprint density at radius 1 is 0.750 bits per heavy atom. The average molecular weight is 272 g/mol. The van der Waals surface area contributed by atoms with Gasteiger partial charge in [0.2, 0.25) is 0 Å². The maximum absolute atomic E-state index is 9.77. The van der Waals surface area contributed by atoms with E-state index in [1.54, 1.807) is 12.1 Å². The second kappa shape index (κ2) is 6.19. The van der Waals surface area contributed by atoms with Crippen molar-refractivity contribution in [2.24, 2.45) is 0 Å². The minimum Gasteiger partial charge on any atom is -0.506 e. The third-order valence-electron chi connectivity index (χ3n) is 3.23. The third-order valence-corrected chi connectivity index (χ3v) is 3.23. The summed E-state index contributed by atoms with van der Waals surface area (Å²) in [6, 6.07) is 10.9. The van der Waals surface area contributed by atoms with Crippen molar-refractivity contribution < 1.29 is 10.2 Å². The first kappa shape index (κ1) is 14.1. The maximum Gasteiger partial charge on any atom is 0.138 e. The molecule has 2 rings (SSSR count). The number of phenolic OH excluding ortho intramolecular Hbond substituents is 2. The summed E-state index contributed by atoms with van der Waals surface area (Å²) in [6.07, 6.45) is 0. The predicted octanol–water partition coefficient (Wildman–Crippen LogP) is 3.24. The van der Waals surface area contributed by atoms with Gasteiger partial charge in [-0.25, -0.2) is 0 Å². The fourth-order valence-corrected chi connectivity index (χ4v) is 2.14. The zero-order valence-corrected chi connectivity index (χ0v) is 11.8. The van der Waals surface area contributed by atoms with Gasteiger partial charge in [-0.1, -0.05) is 24.3 Å². The van der Waals surface area contributed by atoms with Crippen LogP contribution in [0.3, 0.4) is 0 Å². The van der Waals surface area contributed by atoms with E-state index in [4.69, 9.17) is 0 Å². The lowest BCUT2D eigenvalue weighted by Gasteiger charge is -2.14. The summed E-state index contributed by atoms with van der Waals surface area (Å²) in [7, 11) is 0. The zero-order chi connectivity index (χ0) is 14.5. The van der Waals surface area contributed by atoms with E-state index in [9.17, 15) is 10.2 Å². The second-order valence-corrected chi connectivity index (χ2v) is 4.79. The second-order valence-electron chi connectivity index (χ2n) is 4.79. The highest BCUT2D eigenvalue weighted by molar-refractivity contribution is 5.62. The summed E-state index contributed by atoms with van der Waals surface area (Å²) in [5.41, 5.74) is 3.51. The normalized spacial score (nSPS) is 10.3. The van der Waals surface area contributed by atoms with Crippen LogP contribution in [0.2, 0.25) is 0 Å². The van der Waals surface area contributed by atoms with E-state index < -0.39 is 0 Å². The van der Waals surface area contributed by atoms with Gasteiger partial charge in [0.05, 0.1) is 11.4 Å². The van der Waals surface area contributed by atoms with Crippen LogP contribution in [-0.2, 0) is 0 Å². The van der Waals surface area contributed by atoms with Crippen LogP contribution >= 0.6 is 0 Å².